The van der Waals surface area contributed by atoms with E-state index in [1.807, 2.05) is 0 Å². The lowest BCUT2D eigenvalue weighted by molar-refractivity contribution is 0.315. The SMILES string of the molecule is C=C(S/C=C(\C)Cc1cc(C)c(N)cc1C)c1ccc(C)c(OCCC)c1. The zero-order chi connectivity index (χ0) is 20.0. The molecule has 144 valence electrons. The number of anilines is 1. The van der Waals surface area contributed by atoms with Crippen molar-refractivity contribution in [2.24, 2.45) is 0 Å². The lowest BCUT2D eigenvalue weighted by Crippen LogP contribution is -1.97. The van der Waals surface area contributed by atoms with Gasteiger partial charge in [0.25, 0.3) is 0 Å². The maximum absolute atomic E-state index is 6.00. The lowest BCUT2D eigenvalue weighted by Gasteiger charge is -2.12. The first-order valence-electron chi connectivity index (χ1n) is 9.42. The van der Waals surface area contributed by atoms with E-state index in [4.69, 9.17) is 10.5 Å². The van der Waals surface area contributed by atoms with Crippen molar-refractivity contribution in [3.8, 4) is 5.75 Å². The van der Waals surface area contributed by atoms with Crippen LogP contribution in [0.15, 0.2) is 47.9 Å². The van der Waals surface area contributed by atoms with Crippen LogP contribution in [0.1, 0.15) is 48.1 Å². The molecule has 0 aliphatic carbocycles. The Morgan fingerprint density at radius 1 is 1.11 bits per heavy atom. The molecular formula is C24H31NOS. The van der Waals surface area contributed by atoms with Crippen molar-refractivity contribution in [3.05, 3.63) is 75.7 Å². The third-order valence-corrected chi connectivity index (χ3v) is 5.61. The highest BCUT2D eigenvalue weighted by atomic mass is 32.2. The number of nitrogen functional groups attached to an aromatic ring is 1. The minimum absolute atomic E-state index is 0.739. The van der Waals surface area contributed by atoms with Gasteiger partial charge in [-0.15, -0.1) is 0 Å². The van der Waals surface area contributed by atoms with E-state index in [1.165, 1.54) is 16.7 Å². The van der Waals surface area contributed by atoms with Gasteiger partial charge in [0.1, 0.15) is 5.75 Å². The van der Waals surface area contributed by atoms with Crippen molar-refractivity contribution in [2.45, 2.75) is 47.5 Å². The molecule has 2 aromatic rings. The standard InChI is InChI=1S/C24H31NOS/c1-7-10-26-24-14-21(9-8-17(24)3)20(6)27-15-16(2)11-22-12-19(5)23(25)13-18(22)4/h8-9,12-15H,6-7,10-11,25H2,1-5H3/b16-15+. The van der Waals surface area contributed by atoms with Crippen molar-refractivity contribution in [3.63, 3.8) is 0 Å². The predicted octanol–water partition coefficient (Wildman–Crippen LogP) is 6.83. The predicted molar refractivity (Wildman–Crippen MR) is 121 cm³/mol. The first kappa shape index (κ1) is 21.2. The van der Waals surface area contributed by atoms with Crippen LogP contribution in [0.25, 0.3) is 4.91 Å². The fourth-order valence-corrected chi connectivity index (χ4v) is 3.50. The molecule has 2 N–H and O–H groups in total. The average Bonchev–Trinajstić information content (AvgIpc) is 2.63. The number of ether oxygens (including phenoxy) is 1. The zero-order valence-corrected chi connectivity index (χ0v) is 18.0. The Bertz CT molecular complexity index is 852. The van der Waals surface area contributed by atoms with Crippen LogP contribution in [-0.2, 0) is 6.42 Å². The molecule has 2 rings (SSSR count). The molecule has 0 radical (unpaired) electrons. The number of benzene rings is 2. The third kappa shape index (κ3) is 5.93. The maximum Gasteiger partial charge on any atom is 0.122 e. The van der Waals surface area contributed by atoms with Crippen LogP contribution in [0.2, 0.25) is 0 Å². The van der Waals surface area contributed by atoms with Gasteiger partial charge in [-0.3, -0.25) is 0 Å². The minimum atomic E-state index is 0.739. The lowest BCUT2D eigenvalue weighted by atomic mass is 9.99. The van der Waals surface area contributed by atoms with E-state index in [0.29, 0.717) is 0 Å². The fraction of sp³-hybridized carbons (Fsp3) is 0.333. The summed E-state index contributed by atoms with van der Waals surface area (Å²) in [6, 6.07) is 10.6. The molecular weight excluding hydrogens is 350 g/mol. The van der Waals surface area contributed by atoms with Crippen LogP contribution in [0.4, 0.5) is 5.69 Å². The summed E-state index contributed by atoms with van der Waals surface area (Å²) < 4.78 is 5.84. The van der Waals surface area contributed by atoms with Gasteiger partial charge in [-0.1, -0.05) is 49.0 Å². The minimum Gasteiger partial charge on any atom is -0.493 e. The number of nitrogens with two attached hydrogens (primary N) is 1. The normalized spacial score (nSPS) is 11.5. The second-order valence-corrected chi connectivity index (χ2v) is 8.11. The van der Waals surface area contributed by atoms with Gasteiger partial charge in [-0.05, 0) is 85.9 Å². The number of hydrogen-bond acceptors (Lipinski definition) is 3. The van der Waals surface area contributed by atoms with E-state index in [2.05, 4.69) is 76.9 Å². The largest absolute Gasteiger partial charge is 0.493 e. The Morgan fingerprint density at radius 3 is 2.56 bits per heavy atom. The van der Waals surface area contributed by atoms with Crippen LogP contribution >= 0.6 is 11.8 Å². The summed E-state index contributed by atoms with van der Waals surface area (Å²) in [6.45, 7) is 15.5. The van der Waals surface area contributed by atoms with Crippen molar-refractivity contribution in [1.82, 2.24) is 0 Å². The molecule has 0 fully saturated rings. The molecule has 0 saturated carbocycles. The maximum atomic E-state index is 6.00. The van der Waals surface area contributed by atoms with Crippen molar-refractivity contribution < 1.29 is 4.74 Å². The van der Waals surface area contributed by atoms with Gasteiger partial charge in [0.05, 0.1) is 6.61 Å². The van der Waals surface area contributed by atoms with Crippen LogP contribution in [0.5, 0.6) is 5.75 Å². The van der Waals surface area contributed by atoms with E-state index in [9.17, 15) is 0 Å². The van der Waals surface area contributed by atoms with Gasteiger partial charge < -0.3 is 10.5 Å². The Morgan fingerprint density at radius 2 is 1.85 bits per heavy atom. The third-order valence-electron chi connectivity index (χ3n) is 4.57. The summed E-state index contributed by atoms with van der Waals surface area (Å²) in [5, 5.41) is 2.19. The molecule has 0 atom stereocenters. The average molecular weight is 382 g/mol. The number of rotatable bonds is 8. The van der Waals surface area contributed by atoms with E-state index >= 15 is 0 Å². The Labute approximate surface area is 168 Å². The number of thioether (sulfide) groups is 1. The van der Waals surface area contributed by atoms with Gasteiger partial charge in [0.2, 0.25) is 0 Å². The molecule has 2 aromatic carbocycles. The van der Waals surface area contributed by atoms with E-state index in [-0.39, 0.29) is 0 Å². The molecule has 0 heterocycles. The summed E-state index contributed by atoms with van der Waals surface area (Å²) in [5.41, 5.74) is 14.1. The van der Waals surface area contributed by atoms with Gasteiger partial charge in [0, 0.05) is 10.6 Å². The number of allylic oxidation sites excluding steroid dienone is 1. The molecule has 0 amide bonds. The fourth-order valence-electron chi connectivity index (χ4n) is 2.81. The second-order valence-electron chi connectivity index (χ2n) is 7.15. The Hall–Kier alpha value is -2.13. The first-order valence-corrected chi connectivity index (χ1v) is 10.3. The van der Waals surface area contributed by atoms with Gasteiger partial charge in [-0.2, -0.15) is 0 Å². The van der Waals surface area contributed by atoms with Gasteiger partial charge in [0.15, 0.2) is 0 Å². The summed E-state index contributed by atoms with van der Waals surface area (Å²) in [6.07, 6.45) is 1.93. The summed E-state index contributed by atoms with van der Waals surface area (Å²) >= 11 is 1.67. The van der Waals surface area contributed by atoms with Crippen LogP contribution in [0.3, 0.4) is 0 Å². The molecule has 0 aliphatic rings. The molecule has 3 heteroatoms. The molecule has 27 heavy (non-hydrogen) atoms. The smallest absolute Gasteiger partial charge is 0.122 e. The molecule has 0 aromatic heterocycles. The number of hydrogen-bond donors (Lipinski definition) is 1. The Balaban J connectivity index is 2.06. The zero-order valence-electron chi connectivity index (χ0n) is 17.2. The van der Waals surface area contributed by atoms with E-state index in [0.717, 1.165) is 52.5 Å². The van der Waals surface area contributed by atoms with Crippen molar-refractivity contribution in [2.75, 3.05) is 12.3 Å². The van der Waals surface area contributed by atoms with Crippen LogP contribution < -0.4 is 10.5 Å². The quantitative estimate of drug-likeness (QED) is 0.509. The summed E-state index contributed by atoms with van der Waals surface area (Å²) in [5.74, 6) is 0.949. The highest BCUT2D eigenvalue weighted by Crippen LogP contribution is 2.32. The van der Waals surface area contributed by atoms with E-state index in [1.54, 1.807) is 11.8 Å². The van der Waals surface area contributed by atoms with E-state index < -0.39 is 0 Å². The summed E-state index contributed by atoms with van der Waals surface area (Å²) in [4.78, 5) is 1.03. The molecule has 0 unspecified atom stereocenters. The second kappa shape index (κ2) is 9.70. The van der Waals surface area contributed by atoms with Gasteiger partial charge in [-0.25, -0.2) is 0 Å². The topological polar surface area (TPSA) is 35.2 Å². The molecule has 0 bridgehead atoms. The van der Waals surface area contributed by atoms with Crippen LogP contribution in [-0.4, -0.2) is 6.61 Å². The van der Waals surface area contributed by atoms with Crippen molar-refractivity contribution >= 4 is 22.4 Å². The van der Waals surface area contributed by atoms with Gasteiger partial charge >= 0.3 is 0 Å². The highest BCUT2D eigenvalue weighted by Gasteiger charge is 2.06. The molecule has 0 saturated heterocycles. The molecule has 2 nitrogen and oxygen atoms in total. The summed E-state index contributed by atoms with van der Waals surface area (Å²) in [7, 11) is 0. The van der Waals surface area contributed by atoms with Crippen LogP contribution in [0, 0.1) is 20.8 Å². The monoisotopic (exact) mass is 381 g/mol. The molecule has 0 spiro atoms. The number of aryl methyl sites for hydroxylation is 3. The molecule has 0 aliphatic heterocycles. The highest BCUT2D eigenvalue weighted by molar-refractivity contribution is 8.10. The first-order chi connectivity index (χ1) is 12.8. The van der Waals surface area contributed by atoms with Crippen molar-refractivity contribution in [1.29, 1.82) is 0 Å². The Kier molecular flexibility index (Phi) is 7.61.